The number of nitrogens with one attached hydrogen (secondary N) is 1. The first-order valence-corrected chi connectivity index (χ1v) is 10.8. The number of fused-ring (bicyclic) bond motifs is 2. The lowest BCUT2D eigenvalue weighted by molar-refractivity contribution is 0.313. The standard InChI is InChI=1S/C25H26N4O/c1-28-10-12-29(13-11-28)22-15-21(26-16-17-6-2-3-7-17)20-14-18-8-4-5-9-19(18)25-23(20)24(22)27-30-25/h2-6,8-9,15,26H,7,10-14,16H2,1H3. The first-order chi connectivity index (χ1) is 14.8. The van der Waals surface area contributed by atoms with Crippen LogP contribution in [0.15, 0.2) is 58.7 Å². The molecule has 0 atom stereocenters. The molecule has 1 fully saturated rings. The molecule has 30 heavy (non-hydrogen) atoms. The van der Waals surface area contributed by atoms with Crippen molar-refractivity contribution in [3.63, 3.8) is 0 Å². The van der Waals surface area contributed by atoms with Crippen LogP contribution in [-0.2, 0) is 6.42 Å². The number of nitrogens with zero attached hydrogens (tertiary/aromatic N) is 3. The van der Waals surface area contributed by atoms with Gasteiger partial charge in [-0.3, -0.25) is 0 Å². The van der Waals surface area contributed by atoms with Gasteiger partial charge in [-0.25, -0.2) is 0 Å². The third-order valence-electron chi connectivity index (χ3n) is 6.67. The summed E-state index contributed by atoms with van der Waals surface area (Å²) in [5, 5.41) is 9.52. The second-order valence-corrected chi connectivity index (χ2v) is 8.59. The first kappa shape index (κ1) is 17.8. The smallest absolute Gasteiger partial charge is 0.175 e. The molecule has 2 aromatic carbocycles. The van der Waals surface area contributed by atoms with Crippen LogP contribution < -0.4 is 10.2 Å². The molecule has 0 saturated carbocycles. The number of hydrogen-bond donors (Lipinski definition) is 1. The van der Waals surface area contributed by atoms with Crippen LogP contribution in [0.4, 0.5) is 11.4 Å². The Morgan fingerprint density at radius 2 is 2.00 bits per heavy atom. The van der Waals surface area contributed by atoms with Crippen LogP contribution in [-0.4, -0.2) is 49.8 Å². The third-order valence-corrected chi connectivity index (χ3v) is 6.67. The van der Waals surface area contributed by atoms with Gasteiger partial charge < -0.3 is 19.6 Å². The van der Waals surface area contributed by atoms with Crippen molar-refractivity contribution < 1.29 is 4.52 Å². The number of likely N-dealkylation sites (N-methyl/N-ethyl adjacent to an activating group) is 1. The number of allylic oxidation sites excluding steroid dienone is 3. The summed E-state index contributed by atoms with van der Waals surface area (Å²) < 4.78 is 5.97. The van der Waals surface area contributed by atoms with Crippen molar-refractivity contribution >= 4 is 22.3 Å². The number of rotatable bonds is 4. The average molecular weight is 399 g/mol. The predicted octanol–water partition coefficient (Wildman–Crippen LogP) is 4.45. The Morgan fingerprint density at radius 1 is 1.13 bits per heavy atom. The summed E-state index contributed by atoms with van der Waals surface area (Å²) in [6.45, 7) is 5.03. The van der Waals surface area contributed by atoms with E-state index in [2.05, 4.69) is 75.9 Å². The Balaban J connectivity index is 1.48. The highest BCUT2D eigenvalue weighted by atomic mass is 16.5. The molecule has 5 heteroatoms. The summed E-state index contributed by atoms with van der Waals surface area (Å²) in [6, 6.07) is 10.9. The molecule has 3 aliphatic rings. The van der Waals surface area contributed by atoms with E-state index in [1.807, 2.05) is 0 Å². The van der Waals surface area contributed by atoms with E-state index in [0.717, 1.165) is 56.8 Å². The number of benzene rings is 2. The number of anilines is 2. The van der Waals surface area contributed by atoms with Gasteiger partial charge in [0.25, 0.3) is 0 Å². The molecule has 0 spiro atoms. The van der Waals surface area contributed by atoms with Crippen molar-refractivity contribution in [3.8, 4) is 11.3 Å². The lowest BCUT2D eigenvalue weighted by atomic mass is 9.87. The fraction of sp³-hybridized carbons (Fsp3) is 0.320. The Morgan fingerprint density at radius 3 is 2.83 bits per heavy atom. The maximum atomic E-state index is 5.97. The quantitative estimate of drug-likeness (QED) is 0.550. The molecular formula is C25H26N4O. The van der Waals surface area contributed by atoms with Crippen LogP contribution in [0.5, 0.6) is 0 Å². The molecule has 2 heterocycles. The van der Waals surface area contributed by atoms with Gasteiger partial charge in [0, 0.05) is 50.4 Å². The minimum atomic E-state index is 0.871. The van der Waals surface area contributed by atoms with E-state index in [0.29, 0.717) is 0 Å². The number of piperazine rings is 1. The SMILES string of the molecule is CN1CCN(c2cc(NCC3=CC=CC3)c3c4c(onc24)-c2ccccc2C3)CC1. The lowest BCUT2D eigenvalue weighted by Gasteiger charge is -2.34. The van der Waals surface area contributed by atoms with Gasteiger partial charge in [0.2, 0.25) is 0 Å². The van der Waals surface area contributed by atoms with Crippen LogP contribution in [0.25, 0.3) is 22.2 Å². The van der Waals surface area contributed by atoms with Crippen molar-refractivity contribution in [1.82, 2.24) is 10.1 Å². The third kappa shape index (κ3) is 2.84. The molecule has 3 aromatic rings. The van der Waals surface area contributed by atoms with Crippen LogP contribution in [0.3, 0.4) is 0 Å². The van der Waals surface area contributed by atoms with E-state index >= 15 is 0 Å². The van der Waals surface area contributed by atoms with Gasteiger partial charge in [-0.05, 0) is 36.2 Å². The molecule has 5 nitrogen and oxygen atoms in total. The molecule has 1 saturated heterocycles. The summed E-state index contributed by atoms with van der Waals surface area (Å²) >= 11 is 0. The van der Waals surface area contributed by atoms with Gasteiger partial charge in [-0.1, -0.05) is 47.7 Å². The van der Waals surface area contributed by atoms with E-state index in [1.165, 1.54) is 39.0 Å². The van der Waals surface area contributed by atoms with Gasteiger partial charge in [0.1, 0.15) is 5.52 Å². The maximum Gasteiger partial charge on any atom is 0.175 e. The molecular weight excluding hydrogens is 372 g/mol. The fourth-order valence-electron chi connectivity index (χ4n) is 4.90. The van der Waals surface area contributed by atoms with Crippen molar-refractivity contribution in [1.29, 1.82) is 0 Å². The second kappa shape index (κ2) is 7.03. The van der Waals surface area contributed by atoms with Crippen molar-refractivity contribution in [2.24, 2.45) is 0 Å². The summed E-state index contributed by atoms with van der Waals surface area (Å²) in [5.74, 6) is 0.919. The highest BCUT2D eigenvalue weighted by molar-refractivity contribution is 6.06. The average Bonchev–Trinajstić information content (AvgIpc) is 3.45. The molecule has 1 aliphatic heterocycles. The van der Waals surface area contributed by atoms with Gasteiger partial charge in [0.05, 0.1) is 11.1 Å². The van der Waals surface area contributed by atoms with Gasteiger partial charge in [-0.15, -0.1) is 0 Å². The summed E-state index contributed by atoms with van der Waals surface area (Å²) in [7, 11) is 2.19. The molecule has 0 radical (unpaired) electrons. The minimum Gasteiger partial charge on any atom is -0.381 e. The Hall–Kier alpha value is -3.05. The molecule has 0 amide bonds. The molecule has 1 aromatic heterocycles. The highest BCUT2D eigenvalue weighted by Crippen LogP contribution is 2.45. The zero-order valence-electron chi connectivity index (χ0n) is 17.3. The molecule has 0 bridgehead atoms. The molecule has 2 aliphatic carbocycles. The zero-order valence-corrected chi connectivity index (χ0v) is 17.3. The Labute approximate surface area is 176 Å². The van der Waals surface area contributed by atoms with Crippen LogP contribution in [0, 0.1) is 0 Å². The van der Waals surface area contributed by atoms with E-state index in [9.17, 15) is 0 Å². The topological polar surface area (TPSA) is 44.5 Å². The van der Waals surface area contributed by atoms with E-state index < -0.39 is 0 Å². The van der Waals surface area contributed by atoms with Crippen LogP contribution in [0.2, 0.25) is 0 Å². The van der Waals surface area contributed by atoms with E-state index in [1.54, 1.807) is 0 Å². The normalized spacial score (nSPS) is 18.0. The highest BCUT2D eigenvalue weighted by Gasteiger charge is 2.29. The summed E-state index contributed by atoms with van der Waals surface area (Å²) in [6.07, 6.45) is 8.53. The lowest BCUT2D eigenvalue weighted by Crippen LogP contribution is -2.44. The van der Waals surface area contributed by atoms with Crippen LogP contribution >= 0.6 is 0 Å². The van der Waals surface area contributed by atoms with Crippen LogP contribution in [0.1, 0.15) is 17.5 Å². The monoisotopic (exact) mass is 398 g/mol. The first-order valence-electron chi connectivity index (χ1n) is 10.8. The molecule has 152 valence electrons. The van der Waals surface area contributed by atoms with Crippen molar-refractivity contribution in [3.05, 3.63) is 65.3 Å². The zero-order chi connectivity index (χ0) is 20.1. The second-order valence-electron chi connectivity index (χ2n) is 8.59. The van der Waals surface area contributed by atoms with Gasteiger partial charge in [0.15, 0.2) is 5.76 Å². The van der Waals surface area contributed by atoms with Crippen molar-refractivity contribution in [2.75, 3.05) is 50.0 Å². The number of aromatic nitrogens is 1. The van der Waals surface area contributed by atoms with Crippen molar-refractivity contribution in [2.45, 2.75) is 12.8 Å². The predicted molar refractivity (Wildman–Crippen MR) is 122 cm³/mol. The molecule has 1 N–H and O–H groups in total. The maximum absolute atomic E-state index is 5.97. The molecule has 6 rings (SSSR count). The Bertz CT molecular complexity index is 1180. The van der Waals surface area contributed by atoms with Gasteiger partial charge in [-0.2, -0.15) is 0 Å². The largest absolute Gasteiger partial charge is 0.381 e. The summed E-state index contributed by atoms with van der Waals surface area (Å²) in [4.78, 5) is 4.85. The summed E-state index contributed by atoms with van der Waals surface area (Å²) in [5.41, 5.74) is 8.62. The van der Waals surface area contributed by atoms with Gasteiger partial charge >= 0.3 is 0 Å². The van der Waals surface area contributed by atoms with E-state index in [4.69, 9.17) is 4.52 Å². The number of hydrogen-bond acceptors (Lipinski definition) is 5. The molecule has 0 unspecified atom stereocenters. The fourth-order valence-corrected chi connectivity index (χ4v) is 4.90. The van der Waals surface area contributed by atoms with E-state index in [-0.39, 0.29) is 0 Å². The Kier molecular flexibility index (Phi) is 4.16. The minimum absolute atomic E-state index is 0.871.